The lowest BCUT2D eigenvalue weighted by atomic mass is 10.1. The highest BCUT2D eigenvalue weighted by Gasteiger charge is 2.15. The van der Waals surface area contributed by atoms with Crippen molar-refractivity contribution in [3.05, 3.63) is 12.2 Å². The van der Waals surface area contributed by atoms with Crippen LogP contribution >= 0.6 is 0 Å². The van der Waals surface area contributed by atoms with Gasteiger partial charge in [0.05, 0.1) is 0 Å². The van der Waals surface area contributed by atoms with Crippen LogP contribution in [-0.4, -0.2) is 23.1 Å². The molecule has 4 heteroatoms. The zero-order valence-corrected chi connectivity index (χ0v) is 7.87. The summed E-state index contributed by atoms with van der Waals surface area (Å²) in [5.41, 5.74) is 0.723. The lowest BCUT2D eigenvalue weighted by molar-refractivity contribution is -0.153. The molecular weight excluding hydrogens is 172 g/mol. The Morgan fingerprint density at radius 2 is 2.08 bits per heavy atom. The fraction of sp³-hybridized carbons (Fsp3) is 0.556. The van der Waals surface area contributed by atoms with E-state index in [2.05, 4.69) is 6.58 Å². The molecule has 4 nitrogen and oxygen atoms in total. The van der Waals surface area contributed by atoms with Gasteiger partial charge in [-0.1, -0.05) is 13.5 Å². The highest BCUT2D eigenvalue weighted by Crippen LogP contribution is 2.08. The van der Waals surface area contributed by atoms with Crippen molar-refractivity contribution in [3.63, 3.8) is 0 Å². The highest BCUT2D eigenvalue weighted by atomic mass is 16.5. The number of carboxylic acids is 1. The fourth-order valence-electron chi connectivity index (χ4n) is 0.856. The number of hydrogen-bond donors (Lipinski definition) is 1. The summed E-state index contributed by atoms with van der Waals surface area (Å²) in [6.45, 7) is 7.21. The van der Waals surface area contributed by atoms with Crippen LogP contribution in [0.1, 0.15) is 26.7 Å². The normalized spacial score (nSPS) is 11.8. The van der Waals surface area contributed by atoms with E-state index in [0.29, 0.717) is 6.42 Å². The molecule has 0 bridgehead atoms. The minimum Gasteiger partial charge on any atom is -0.481 e. The average Bonchev–Trinajstić information content (AvgIpc) is 1.98. The molecule has 0 amide bonds. The molecule has 0 rings (SSSR count). The van der Waals surface area contributed by atoms with Crippen LogP contribution in [0.15, 0.2) is 12.2 Å². The molecule has 0 aromatic rings. The molecule has 13 heavy (non-hydrogen) atoms. The van der Waals surface area contributed by atoms with Gasteiger partial charge < -0.3 is 9.84 Å². The first-order chi connectivity index (χ1) is 5.97. The molecule has 0 radical (unpaired) electrons. The number of rotatable bonds is 5. The van der Waals surface area contributed by atoms with E-state index in [1.807, 2.05) is 6.92 Å². The number of carbonyl (C=O) groups excluding carboxylic acids is 1. The summed E-state index contributed by atoms with van der Waals surface area (Å²) < 4.78 is 4.85. The van der Waals surface area contributed by atoms with E-state index < -0.39 is 18.4 Å². The third-order valence-corrected chi connectivity index (χ3v) is 1.49. The standard InChI is InChI=1S/C9H14O4/c1-4-7(6(2)3)13-9(12)5-8(10)11/h7H,2,4-5H2,1,3H3,(H,10,11). The summed E-state index contributed by atoms with van der Waals surface area (Å²) >= 11 is 0. The summed E-state index contributed by atoms with van der Waals surface area (Å²) in [4.78, 5) is 21.0. The summed E-state index contributed by atoms with van der Waals surface area (Å²) in [5, 5.41) is 8.28. The van der Waals surface area contributed by atoms with Crippen LogP contribution in [-0.2, 0) is 14.3 Å². The van der Waals surface area contributed by atoms with Gasteiger partial charge in [0.1, 0.15) is 12.5 Å². The summed E-state index contributed by atoms with van der Waals surface area (Å²) in [6, 6.07) is 0. The Kier molecular flexibility index (Phi) is 4.80. The van der Waals surface area contributed by atoms with Gasteiger partial charge in [-0.15, -0.1) is 0 Å². The van der Waals surface area contributed by atoms with E-state index in [1.54, 1.807) is 6.92 Å². The van der Waals surface area contributed by atoms with Crippen LogP contribution in [0, 0.1) is 0 Å². The van der Waals surface area contributed by atoms with E-state index >= 15 is 0 Å². The van der Waals surface area contributed by atoms with Gasteiger partial charge in [0.2, 0.25) is 0 Å². The third kappa shape index (κ3) is 5.00. The lowest BCUT2D eigenvalue weighted by Crippen LogP contribution is -2.20. The van der Waals surface area contributed by atoms with Crippen LogP contribution in [0.2, 0.25) is 0 Å². The van der Waals surface area contributed by atoms with Crippen molar-refractivity contribution in [2.75, 3.05) is 0 Å². The molecule has 0 spiro atoms. The summed E-state index contributed by atoms with van der Waals surface area (Å²) in [7, 11) is 0. The van der Waals surface area contributed by atoms with Gasteiger partial charge in [-0.05, 0) is 18.9 Å². The van der Waals surface area contributed by atoms with Crippen LogP contribution in [0.5, 0.6) is 0 Å². The van der Waals surface area contributed by atoms with Gasteiger partial charge in [0, 0.05) is 0 Å². The summed E-state index contributed by atoms with van der Waals surface area (Å²) in [6.07, 6.45) is -0.350. The fourth-order valence-corrected chi connectivity index (χ4v) is 0.856. The zero-order valence-electron chi connectivity index (χ0n) is 7.87. The topological polar surface area (TPSA) is 63.6 Å². The molecule has 1 atom stereocenters. The smallest absolute Gasteiger partial charge is 0.317 e. The maximum Gasteiger partial charge on any atom is 0.317 e. The molecule has 0 saturated heterocycles. The molecule has 0 fully saturated rings. The lowest BCUT2D eigenvalue weighted by Gasteiger charge is -2.14. The second-order valence-corrected chi connectivity index (χ2v) is 2.80. The summed E-state index contributed by atoms with van der Waals surface area (Å²) in [5.74, 6) is -1.90. The Balaban J connectivity index is 4.01. The molecule has 74 valence electrons. The highest BCUT2D eigenvalue weighted by molar-refractivity contribution is 5.90. The molecule has 0 aliphatic heterocycles. The van der Waals surface area contributed by atoms with E-state index in [4.69, 9.17) is 9.84 Å². The Bertz CT molecular complexity index is 220. The Morgan fingerprint density at radius 3 is 2.38 bits per heavy atom. The average molecular weight is 186 g/mol. The van der Waals surface area contributed by atoms with Gasteiger partial charge in [-0.2, -0.15) is 0 Å². The van der Waals surface area contributed by atoms with E-state index in [1.165, 1.54) is 0 Å². The number of esters is 1. The Hall–Kier alpha value is -1.32. The third-order valence-electron chi connectivity index (χ3n) is 1.49. The maximum absolute atomic E-state index is 10.9. The van der Waals surface area contributed by atoms with Crippen molar-refractivity contribution in [2.45, 2.75) is 32.8 Å². The molecule has 0 aliphatic carbocycles. The number of hydrogen-bond acceptors (Lipinski definition) is 3. The van der Waals surface area contributed by atoms with Gasteiger partial charge in [0.25, 0.3) is 0 Å². The predicted octanol–water partition coefficient (Wildman–Crippen LogP) is 1.36. The van der Waals surface area contributed by atoms with Crippen molar-refractivity contribution in [2.24, 2.45) is 0 Å². The first kappa shape index (κ1) is 11.7. The largest absolute Gasteiger partial charge is 0.481 e. The van der Waals surface area contributed by atoms with Crippen LogP contribution in [0.25, 0.3) is 0 Å². The number of ether oxygens (including phenoxy) is 1. The van der Waals surface area contributed by atoms with Gasteiger partial charge in [-0.25, -0.2) is 0 Å². The number of carboxylic acid groups (broad SMARTS) is 1. The minimum absolute atomic E-state index is 0.369. The van der Waals surface area contributed by atoms with Crippen molar-refractivity contribution in [3.8, 4) is 0 Å². The van der Waals surface area contributed by atoms with Crippen LogP contribution < -0.4 is 0 Å². The van der Waals surface area contributed by atoms with E-state index in [9.17, 15) is 9.59 Å². The molecule has 1 unspecified atom stereocenters. The monoisotopic (exact) mass is 186 g/mol. The van der Waals surface area contributed by atoms with Crippen molar-refractivity contribution in [1.29, 1.82) is 0 Å². The van der Waals surface area contributed by atoms with Crippen molar-refractivity contribution < 1.29 is 19.4 Å². The van der Waals surface area contributed by atoms with Crippen LogP contribution in [0.3, 0.4) is 0 Å². The van der Waals surface area contributed by atoms with Crippen molar-refractivity contribution >= 4 is 11.9 Å². The first-order valence-corrected chi connectivity index (χ1v) is 4.04. The maximum atomic E-state index is 10.9. The van der Waals surface area contributed by atoms with Gasteiger partial charge >= 0.3 is 11.9 Å². The zero-order chi connectivity index (χ0) is 10.4. The second-order valence-electron chi connectivity index (χ2n) is 2.80. The Labute approximate surface area is 77.2 Å². The number of aliphatic carboxylic acids is 1. The molecule has 0 heterocycles. The van der Waals surface area contributed by atoms with Crippen LogP contribution in [0.4, 0.5) is 0 Å². The molecule has 0 aliphatic rings. The van der Waals surface area contributed by atoms with Gasteiger partial charge in [-0.3, -0.25) is 9.59 Å². The molecule has 1 N–H and O–H groups in total. The first-order valence-electron chi connectivity index (χ1n) is 4.04. The minimum atomic E-state index is -1.18. The molecule has 0 saturated carbocycles. The van der Waals surface area contributed by atoms with E-state index in [-0.39, 0.29) is 6.10 Å². The quantitative estimate of drug-likeness (QED) is 0.400. The second kappa shape index (κ2) is 5.35. The predicted molar refractivity (Wildman–Crippen MR) is 47.2 cm³/mol. The Morgan fingerprint density at radius 1 is 1.54 bits per heavy atom. The SMILES string of the molecule is C=C(C)C(CC)OC(=O)CC(=O)O. The molecule has 0 aromatic heterocycles. The van der Waals surface area contributed by atoms with E-state index in [0.717, 1.165) is 5.57 Å². The molecular formula is C9H14O4. The number of carbonyl (C=O) groups is 2. The van der Waals surface area contributed by atoms with Crippen molar-refractivity contribution in [1.82, 2.24) is 0 Å². The molecule has 0 aromatic carbocycles. The van der Waals surface area contributed by atoms with Gasteiger partial charge in [0.15, 0.2) is 0 Å².